The fraction of sp³-hybridized carbons (Fsp3) is 0.759. The molecule has 0 bridgehead atoms. The topological polar surface area (TPSA) is 46.5 Å². The van der Waals surface area contributed by atoms with Crippen LogP contribution in [0.4, 0.5) is 0 Å². The van der Waals surface area contributed by atoms with E-state index in [0.29, 0.717) is 18.1 Å². The van der Waals surface area contributed by atoms with E-state index in [4.69, 9.17) is 4.74 Å². The van der Waals surface area contributed by atoms with Crippen molar-refractivity contribution in [2.45, 2.75) is 130 Å². The van der Waals surface area contributed by atoms with E-state index in [1.54, 1.807) is 6.07 Å². The fourth-order valence-corrected chi connectivity index (χ4v) is 4.87. The summed E-state index contributed by atoms with van der Waals surface area (Å²) >= 11 is 0. The second-order valence-electron chi connectivity index (χ2n) is 10.0. The predicted molar refractivity (Wildman–Crippen MR) is 137 cm³/mol. The predicted octanol–water partition coefficient (Wildman–Crippen LogP) is 9.18. The van der Waals surface area contributed by atoms with Crippen molar-refractivity contribution in [2.24, 2.45) is 5.92 Å². The largest absolute Gasteiger partial charge is 0.494 e. The summed E-state index contributed by atoms with van der Waals surface area (Å²) in [4.78, 5) is 12.0. The van der Waals surface area contributed by atoms with Gasteiger partial charge in [0, 0.05) is 0 Å². The average molecular weight is 447 g/mol. The van der Waals surface area contributed by atoms with Crippen molar-refractivity contribution >= 4 is 5.97 Å². The number of hydrogen-bond acceptors (Lipinski definition) is 2. The Hall–Kier alpha value is -1.51. The molecule has 1 N–H and O–H groups in total. The normalized spacial score (nSPS) is 12.7. The van der Waals surface area contributed by atoms with Gasteiger partial charge in [-0.3, -0.25) is 0 Å². The lowest BCUT2D eigenvalue weighted by atomic mass is 9.69. The molecule has 0 aliphatic carbocycles. The lowest BCUT2D eigenvalue weighted by molar-refractivity contribution is 0.0692. The maximum absolute atomic E-state index is 12.0. The van der Waals surface area contributed by atoms with Gasteiger partial charge in [-0.25, -0.2) is 4.79 Å². The minimum absolute atomic E-state index is 0.203. The highest BCUT2D eigenvalue weighted by atomic mass is 16.5. The standard InChI is InChI=1S/C29H50O3/c1-6-9-11-13-14-15-16-17-19-24(8-3)29(4,5)27-23-25(20-21-26(27)28(30)31)32-22-18-12-10-7-2/h20-21,23-24H,6-19,22H2,1-5H3,(H,30,31). The lowest BCUT2D eigenvalue weighted by Crippen LogP contribution is -2.30. The van der Waals surface area contributed by atoms with Crippen LogP contribution in [0.1, 0.15) is 140 Å². The third kappa shape index (κ3) is 9.96. The van der Waals surface area contributed by atoms with Crippen molar-refractivity contribution in [1.29, 1.82) is 0 Å². The summed E-state index contributed by atoms with van der Waals surface area (Å²) in [6.45, 7) is 11.8. The number of carboxylic acids is 1. The molecule has 1 atom stereocenters. The maximum atomic E-state index is 12.0. The van der Waals surface area contributed by atoms with Gasteiger partial charge in [0.15, 0.2) is 0 Å². The van der Waals surface area contributed by atoms with Crippen LogP contribution in [0.15, 0.2) is 18.2 Å². The Morgan fingerprint density at radius 2 is 1.44 bits per heavy atom. The molecule has 1 unspecified atom stereocenters. The molecule has 1 aromatic carbocycles. The Labute approximate surface area is 198 Å². The average Bonchev–Trinajstić information content (AvgIpc) is 2.77. The first-order valence-corrected chi connectivity index (χ1v) is 13.4. The molecular weight excluding hydrogens is 396 g/mol. The van der Waals surface area contributed by atoms with Crippen LogP contribution >= 0.6 is 0 Å². The number of rotatable bonds is 19. The van der Waals surface area contributed by atoms with Gasteiger partial charge in [0.1, 0.15) is 5.75 Å². The summed E-state index contributed by atoms with van der Waals surface area (Å²) in [7, 11) is 0. The molecule has 1 aromatic rings. The molecule has 0 heterocycles. The van der Waals surface area contributed by atoms with Gasteiger partial charge in [0.05, 0.1) is 12.2 Å². The highest BCUT2D eigenvalue weighted by Gasteiger charge is 2.33. The van der Waals surface area contributed by atoms with Crippen LogP contribution < -0.4 is 4.74 Å². The fourth-order valence-electron chi connectivity index (χ4n) is 4.87. The summed E-state index contributed by atoms with van der Waals surface area (Å²) < 4.78 is 6.00. The molecule has 32 heavy (non-hydrogen) atoms. The molecule has 1 rings (SSSR count). The maximum Gasteiger partial charge on any atom is 0.335 e. The first-order chi connectivity index (χ1) is 15.4. The van der Waals surface area contributed by atoms with Crippen molar-refractivity contribution in [3.05, 3.63) is 29.3 Å². The van der Waals surface area contributed by atoms with Crippen LogP contribution in [-0.4, -0.2) is 17.7 Å². The monoisotopic (exact) mass is 446 g/mol. The number of ether oxygens (including phenoxy) is 1. The number of carboxylic acid groups (broad SMARTS) is 1. The number of aromatic carboxylic acids is 1. The van der Waals surface area contributed by atoms with Crippen molar-refractivity contribution in [3.8, 4) is 5.75 Å². The van der Waals surface area contributed by atoms with Gasteiger partial charge in [0.2, 0.25) is 0 Å². The Balaban J connectivity index is 2.76. The summed E-state index contributed by atoms with van der Waals surface area (Å²) in [6.07, 6.45) is 17.5. The molecule has 0 spiro atoms. The Kier molecular flexibility index (Phi) is 14.4. The zero-order chi connectivity index (χ0) is 23.8. The van der Waals surface area contributed by atoms with E-state index in [0.717, 1.165) is 30.6 Å². The minimum Gasteiger partial charge on any atom is -0.494 e. The molecular formula is C29H50O3. The third-order valence-corrected chi connectivity index (χ3v) is 7.10. The number of benzene rings is 1. The molecule has 0 amide bonds. The molecule has 0 saturated carbocycles. The summed E-state index contributed by atoms with van der Waals surface area (Å²) in [5.41, 5.74) is 1.13. The highest BCUT2D eigenvalue weighted by Crippen LogP contribution is 2.40. The SMILES string of the molecule is CCCCCCCCCCC(CC)C(C)(C)c1cc(OCCCCCC)ccc1C(=O)O. The van der Waals surface area contributed by atoms with Gasteiger partial charge in [-0.1, -0.05) is 112 Å². The van der Waals surface area contributed by atoms with E-state index in [-0.39, 0.29) is 5.41 Å². The van der Waals surface area contributed by atoms with Gasteiger partial charge < -0.3 is 9.84 Å². The summed E-state index contributed by atoms with van der Waals surface area (Å²) in [6, 6.07) is 5.56. The van der Waals surface area contributed by atoms with Crippen LogP contribution in [0.3, 0.4) is 0 Å². The first-order valence-electron chi connectivity index (χ1n) is 13.4. The molecule has 3 nitrogen and oxygen atoms in total. The van der Waals surface area contributed by atoms with E-state index in [2.05, 4.69) is 34.6 Å². The zero-order valence-electron chi connectivity index (χ0n) is 21.7. The van der Waals surface area contributed by atoms with E-state index in [1.165, 1.54) is 70.6 Å². The second-order valence-corrected chi connectivity index (χ2v) is 10.0. The van der Waals surface area contributed by atoms with Gasteiger partial charge in [-0.05, 0) is 47.9 Å². The third-order valence-electron chi connectivity index (χ3n) is 7.10. The van der Waals surface area contributed by atoms with Crippen molar-refractivity contribution < 1.29 is 14.6 Å². The molecule has 0 aliphatic rings. The first kappa shape index (κ1) is 28.5. The quantitative estimate of drug-likeness (QED) is 0.215. The molecule has 0 saturated heterocycles. The van der Waals surface area contributed by atoms with Crippen LogP contribution in [-0.2, 0) is 5.41 Å². The Bertz CT molecular complexity index is 635. The minimum atomic E-state index is -0.843. The highest BCUT2D eigenvalue weighted by molar-refractivity contribution is 5.90. The van der Waals surface area contributed by atoms with Gasteiger partial charge in [0.25, 0.3) is 0 Å². The Morgan fingerprint density at radius 3 is 2.00 bits per heavy atom. The van der Waals surface area contributed by atoms with E-state index >= 15 is 0 Å². The molecule has 0 aliphatic heterocycles. The Morgan fingerprint density at radius 1 is 0.875 bits per heavy atom. The van der Waals surface area contributed by atoms with Crippen molar-refractivity contribution in [1.82, 2.24) is 0 Å². The number of carbonyl (C=O) groups is 1. The van der Waals surface area contributed by atoms with Crippen LogP contribution in [0.5, 0.6) is 5.75 Å². The molecule has 3 heteroatoms. The molecule has 0 aromatic heterocycles. The molecule has 0 radical (unpaired) electrons. The molecule has 184 valence electrons. The lowest BCUT2D eigenvalue weighted by Gasteiger charge is -2.36. The van der Waals surface area contributed by atoms with Crippen molar-refractivity contribution in [3.63, 3.8) is 0 Å². The van der Waals surface area contributed by atoms with Gasteiger partial charge in [-0.2, -0.15) is 0 Å². The van der Waals surface area contributed by atoms with E-state index < -0.39 is 5.97 Å². The van der Waals surface area contributed by atoms with Gasteiger partial charge in [-0.15, -0.1) is 0 Å². The second kappa shape index (κ2) is 16.2. The zero-order valence-corrected chi connectivity index (χ0v) is 21.7. The number of unbranched alkanes of at least 4 members (excludes halogenated alkanes) is 10. The van der Waals surface area contributed by atoms with Crippen LogP contribution in [0, 0.1) is 5.92 Å². The van der Waals surface area contributed by atoms with E-state index in [1.807, 2.05) is 12.1 Å². The summed E-state index contributed by atoms with van der Waals surface area (Å²) in [5.74, 6) is 0.418. The molecule has 0 fully saturated rings. The smallest absolute Gasteiger partial charge is 0.335 e. The van der Waals surface area contributed by atoms with E-state index in [9.17, 15) is 9.90 Å². The number of hydrogen-bond donors (Lipinski definition) is 1. The van der Waals surface area contributed by atoms with Crippen LogP contribution in [0.2, 0.25) is 0 Å². The summed E-state index contributed by atoms with van der Waals surface area (Å²) in [5, 5.41) is 9.84. The van der Waals surface area contributed by atoms with Gasteiger partial charge >= 0.3 is 5.97 Å². The van der Waals surface area contributed by atoms with Crippen LogP contribution in [0.25, 0.3) is 0 Å². The van der Waals surface area contributed by atoms with Crippen molar-refractivity contribution in [2.75, 3.05) is 6.61 Å².